The predicted molar refractivity (Wildman–Crippen MR) is 72.1 cm³/mol. The molecule has 0 fully saturated rings. The lowest BCUT2D eigenvalue weighted by molar-refractivity contribution is -0.109. The Morgan fingerprint density at radius 3 is 2.55 bits per heavy atom. The van der Waals surface area contributed by atoms with Gasteiger partial charge in [0.05, 0.1) is 11.7 Å². The van der Waals surface area contributed by atoms with Gasteiger partial charge in [-0.15, -0.1) is 0 Å². The molecule has 0 amide bonds. The number of halogens is 1. The summed E-state index contributed by atoms with van der Waals surface area (Å²) in [4.78, 5) is 21.7. The van der Waals surface area contributed by atoms with Gasteiger partial charge >= 0.3 is 5.97 Å². The highest BCUT2D eigenvalue weighted by molar-refractivity contribution is 8.13. The highest BCUT2D eigenvalue weighted by Gasteiger charge is 2.24. The predicted octanol–water partition coefficient (Wildman–Crippen LogP) is 1.59. The van der Waals surface area contributed by atoms with Crippen molar-refractivity contribution >= 4 is 22.8 Å². The Hall–Kier alpha value is -1.44. The van der Waals surface area contributed by atoms with Gasteiger partial charge in [-0.25, -0.2) is 9.18 Å². The molecule has 0 aliphatic heterocycles. The van der Waals surface area contributed by atoms with Crippen LogP contribution in [-0.2, 0) is 4.79 Å². The van der Waals surface area contributed by atoms with E-state index < -0.39 is 29.6 Å². The minimum absolute atomic E-state index is 0.0563. The number of aromatic carboxylic acids is 1. The normalized spacial score (nSPS) is 13.8. The number of rotatable bonds is 6. The number of carbonyl (C=O) groups excluding carboxylic acids is 1. The molecule has 3 N–H and O–H groups in total. The van der Waals surface area contributed by atoms with Gasteiger partial charge in [0.25, 0.3) is 0 Å². The first kappa shape index (κ1) is 16.6. The number of carbonyl (C=O) groups is 2. The van der Waals surface area contributed by atoms with Crippen LogP contribution in [0.4, 0.5) is 4.39 Å². The van der Waals surface area contributed by atoms with Crippen LogP contribution in [0.1, 0.15) is 35.4 Å². The van der Waals surface area contributed by atoms with Crippen molar-refractivity contribution in [2.45, 2.75) is 25.6 Å². The Morgan fingerprint density at radius 2 is 2.00 bits per heavy atom. The highest BCUT2D eigenvalue weighted by atomic mass is 32.2. The van der Waals surface area contributed by atoms with Crippen LogP contribution in [0, 0.1) is 5.82 Å². The molecule has 1 aromatic carbocycles. The molecule has 0 aliphatic carbocycles. The van der Waals surface area contributed by atoms with Crippen molar-refractivity contribution in [3.8, 4) is 0 Å². The van der Waals surface area contributed by atoms with Crippen LogP contribution >= 0.6 is 11.8 Å². The van der Waals surface area contributed by atoms with Crippen LogP contribution in [0.2, 0.25) is 0 Å². The number of aliphatic hydroxyl groups is 2. The van der Waals surface area contributed by atoms with Gasteiger partial charge in [-0.05, 0) is 24.1 Å². The third kappa shape index (κ3) is 4.59. The molecule has 0 radical (unpaired) electrons. The molecule has 2 unspecified atom stereocenters. The van der Waals surface area contributed by atoms with Crippen molar-refractivity contribution in [3.63, 3.8) is 0 Å². The number of carboxylic acid groups (broad SMARTS) is 1. The molecule has 2 atom stereocenters. The molecule has 0 bridgehead atoms. The zero-order valence-corrected chi connectivity index (χ0v) is 11.6. The van der Waals surface area contributed by atoms with E-state index in [1.165, 1.54) is 6.92 Å². The van der Waals surface area contributed by atoms with E-state index in [1.54, 1.807) is 0 Å². The van der Waals surface area contributed by atoms with Gasteiger partial charge in [0.1, 0.15) is 11.9 Å². The molecule has 0 aromatic heterocycles. The van der Waals surface area contributed by atoms with Crippen LogP contribution < -0.4 is 0 Å². The molecule has 0 saturated heterocycles. The molecule has 1 rings (SSSR count). The summed E-state index contributed by atoms with van der Waals surface area (Å²) in [6, 6.07) is 2.94. The van der Waals surface area contributed by atoms with Crippen LogP contribution in [-0.4, -0.2) is 38.3 Å². The van der Waals surface area contributed by atoms with Gasteiger partial charge in [0, 0.05) is 12.7 Å². The quantitative estimate of drug-likeness (QED) is 0.738. The van der Waals surface area contributed by atoms with E-state index in [9.17, 15) is 24.2 Å². The Bertz CT molecular complexity index is 506. The molecule has 0 saturated carbocycles. The summed E-state index contributed by atoms with van der Waals surface area (Å²) in [6.45, 7) is 1.38. The second kappa shape index (κ2) is 7.37. The first-order valence-corrected chi connectivity index (χ1v) is 6.83. The molecule has 110 valence electrons. The molecular weight excluding hydrogens is 287 g/mol. The van der Waals surface area contributed by atoms with Crippen molar-refractivity contribution < 1.29 is 29.3 Å². The number of carboxylic acids is 1. The van der Waals surface area contributed by atoms with E-state index in [1.807, 2.05) is 0 Å². The number of thioether (sulfide) groups is 1. The van der Waals surface area contributed by atoms with Gasteiger partial charge in [-0.3, -0.25) is 4.79 Å². The van der Waals surface area contributed by atoms with Crippen molar-refractivity contribution in [3.05, 3.63) is 35.1 Å². The first-order valence-electron chi connectivity index (χ1n) is 5.85. The molecule has 5 nitrogen and oxygen atoms in total. The average molecular weight is 302 g/mol. The molecule has 0 aliphatic rings. The lowest BCUT2D eigenvalue weighted by Crippen LogP contribution is -2.21. The van der Waals surface area contributed by atoms with Gasteiger partial charge < -0.3 is 15.3 Å². The first-order chi connectivity index (χ1) is 9.32. The number of aliphatic hydroxyl groups excluding tert-OH is 2. The summed E-state index contributed by atoms with van der Waals surface area (Å²) >= 11 is 0.999. The number of benzene rings is 1. The summed E-state index contributed by atoms with van der Waals surface area (Å²) in [6.07, 6.45) is -2.57. The Balaban J connectivity index is 2.83. The maximum absolute atomic E-state index is 13.0. The molecular formula is C13H15FO5S. The average Bonchev–Trinajstić information content (AvgIpc) is 2.37. The Kier molecular flexibility index (Phi) is 6.12. The lowest BCUT2D eigenvalue weighted by Gasteiger charge is -2.19. The fourth-order valence-electron chi connectivity index (χ4n) is 1.66. The van der Waals surface area contributed by atoms with Crippen molar-refractivity contribution in [2.75, 3.05) is 5.75 Å². The highest BCUT2D eigenvalue weighted by Crippen LogP contribution is 2.24. The number of hydrogen-bond acceptors (Lipinski definition) is 5. The van der Waals surface area contributed by atoms with Gasteiger partial charge in [0.2, 0.25) is 0 Å². The van der Waals surface area contributed by atoms with E-state index in [4.69, 9.17) is 5.11 Å². The van der Waals surface area contributed by atoms with Crippen LogP contribution in [0.3, 0.4) is 0 Å². The maximum Gasteiger partial charge on any atom is 0.336 e. The van der Waals surface area contributed by atoms with E-state index in [2.05, 4.69) is 0 Å². The van der Waals surface area contributed by atoms with Gasteiger partial charge in [-0.1, -0.05) is 17.8 Å². The SMILES string of the molecule is CC(=O)SCCC(O)C(O)c1ccc(F)cc1C(=O)O. The van der Waals surface area contributed by atoms with Gasteiger partial charge in [0.15, 0.2) is 5.12 Å². The van der Waals surface area contributed by atoms with Gasteiger partial charge in [-0.2, -0.15) is 0 Å². The summed E-state index contributed by atoms with van der Waals surface area (Å²) < 4.78 is 13.0. The molecule has 1 aromatic rings. The topological polar surface area (TPSA) is 94.8 Å². The second-order valence-corrected chi connectivity index (χ2v) is 5.45. The van der Waals surface area contributed by atoms with Crippen LogP contribution in [0.5, 0.6) is 0 Å². The van der Waals surface area contributed by atoms with Crippen molar-refractivity contribution in [2.24, 2.45) is 0 Å². The number of hydrogen-bond donors (Lipinski definition) is 3. The Labute approximate surface area is 119 Å². The molecule has 20 heavy (non-hydrogen) atoms. The standard InChI is InChI=1S/C13H15FO5S/c1-7(15)20-5-4-11(16)12(17)9-3-2-8(14)6-10(9)13(18)19/h2-3,6,11-12,16-17H,4-5H2,1H3,(H,18,19). The van der Waals surface area contributed by atoms with E-state index in [0.29, 0.717) is 5.75 Å². The van der Waals surface area contributed by atoms with Crippen molar-refractivity contribution in [1.29, 1.82) is 0 Å². The van der Waals surface area contributed by atoms with E-state index >= 15 is 0 Å². The largest absolute Gasteiger partial charge is 0.478 e. The summed E-state index contributed by atoms with van der Waals surface area (Å²) in [5, 5.41) is 28.6. The Morgan fingerprint density at radius 1 is 1.35 bits per heavy atom. The molecule has 7 heteroatoms. The fraction of sp³-hybridized carbons (Fsp3) is 0.385. The van der Waals surface area contributed by atoms with E-state index in [0.717, 1.165) is 30.0 Å². The molecule has 0 heterocycles. The minimum atomic E-state index is -1.45. The third-order valence-corrected chi connectivity index (χ3v) is 3.49. The summed E-state index contributed by atoms with van der Waals surface area (Å²) in [5.74, 6) is -1.82. The zero-order valence-electron chi connectivity index (χ0n) is 10.7. The lowest BCUT2D eigenvalue weighted by atomic mass is 9.97. The van der Waals surface area contributed by atoms with E-state index in [-0.39, 0.29) is 17.1 Å². The van der Waals surface area contributed by atoms with Crippen molar-refractivity contribution in [1.82, 2.24) is 0 Å². The summed E-state index contributed by atoms with van der Waals surface area (Å²) in [5.41, 5.74) is -0.449. The monoisotopic (exact) mass is 302 g/mol. The maximum atomic E-state index is 13.0. The smallest absolute Gasteiger partial charge is 0.336 e. The minimum Gasteiger partial charge on any atom is -0.478 e. The van der Waals surface area contributed by atoms with Crippen LogP contribution in [0.25, 0.3) is 0 Å². The summed E-state index contributed by atoms with van der Waals surface area (Å²) in [7, 11) is 0. The zero-order chi connectivity index (χ0) is 15.3. The second-order valence-electron chi connectivity index (χ2n) is 4.18. The molecule has 0 spiro atoms. The van der Waals surface area contributed by atoms with Crippen LogP contribution in [0.15, 0.2) is 18.2 Å². The fourth-order valence-corrected chi connectivity index (χ4v) is 2.31. The third-order valence-electron chi connectivity index (χ3n) is 2.65.